The molecular weight excluding hydrogens is 653 g/mol. The van der Waals surface area contributed by atoms with E-state index in [4.69, 9.17) is 0 Å². The van der Waals surface area contributed by atoms with Crippen molar-refractivity contribution in [3.63, 3.8) is 0 Å². The van der Waals surface area contributed by atoms with Gasteiger partial charge < -0.3 is 9.47 Å². The Morgan fingerprint density at radius 2 is 0.778 bits per heavy atom. The molecule has 0 N–H and O–H groups in total. The number of anilines is 3. The lowest BCUT2D eigenvalue weighted by molar-refractivity contribution is 1.18. The zero-order valence-corrected chi connectivity index (χ0v) is 29.7. The van der Waals surface area contributed by atoms with E-state index < -0.39 is 0 Å². The monoisotopic (exact) mass is 688 g/mol. The number of rotatable bonds is 7. The zero-order chi connectivity index (χ0) is 35.8. The van der Waals surface area contributed by atoms with Gasteiger partial charge in [-0.05, 0) is 111 Å². The predicted molar refractivity (Wildman–Crippen MR) is 229 cm³/mol. The van der Waals surface area contributed by atoms with Gasteiger partial charge in [0.05, 0.1) is 11.0 Å². The van der Waals surface area contributed by atoms with Crippen LogP contribution in [0.4, 0.5) is 17.1 Å². The van der Waals surface area contributed by atoms with Crippen LogP contribution in [0.5, 0.6) is 0 Å². The topological polar surface area (TPSA) is 8.17 Å². The molecule has 9 aromatic carbocycles. The first kappa shape index (κ1) is 31.6. The highest BCUT2D eigenvalue weighted by molar-refractivity contribution is 6.10. The lowest BCUT2D eigenvalue weighted by Gasteiger charge is -2.26. The van der Waals surface area contributed by atoms with Gasteiger partial charge in [-0.15, -0.1) is 0 Å². The fourth-order valence-corrected chi connectivity index (χ4v) is 7.96. The van der Waals surface area contributed by atoms with Gasteiger partial charge in [-0.2, -0.15) is 0 Å². The summed E-state index contributed by atoms with van der Waals surface area (Å²) in [4.78, 5) is 2.33. The molecule has 254 valence electrons. The number of para-hydroxylation sites is 3. The molecule has 0 unspecified atom stereocenters. The van der Waals surface area contributed by atoms with E-state index in [-0.39, 0.29) is 0 Å². The average Bonchev–Trinajstić information content (AvgIpc) is 3.59. The third kappa shape index (κ3) is 5.62. The molecule has 0 saturated carbocycles. The molecule has 0 aliphatic rings. The second-order valence-electron chi connectivity index (χ2n) is 13.8. The Hall–Kier alpha value is -7.16. The van der Waals surface area contributed by atoms with E-state index in [1.807, 2.05) is 0 Å². The van der Waals surface area contributed by atoms with Crippen LogP contribution in [0.2, 0.25) is 0 Å². The van der Waals surface area contributed by atoms with Crippen LogP contribution in [0.3, 0.4) is 0 Å². The van der Waals surface area contributed by atoms with Crippen molar-refractivity contribution in [3.05, 3.63) is 218 Å². The smallest absolute Gasteiger partial charge is 0.0541 e. The number of hydrogen-bond acceptors (Lipinski definition) is 1. The molecule has 2 heteroatoms. The molecule has 0 radical (unpaired) electrons. The summed E-state index contributed by atoms with van der Waals surface area (Å²) in [7, 11) is 0. The van der Waals surface area contributed by atoms with Crippen molar-refractivity contribution in [2.45, 2.75) is 0 Å². The van der Waals surface area contributed by atoms with Gasteiger partial charge in [-0.25, -0.2) is 0 Å². The lowest BCUT2D eigenvalue weighted by Crippen LogP contribution is -2.09. The van der Waals surface area contributed by atoms with Gasteiger partial charge in [0.2, 0.25) is 0 Å². The van der Waals surface area contributed by atoms with Crippen LogP contribution in [-0.4, -0.2) is 4.57 Å². The Morgan fingerprint density at radius 1 is 0.296 bits per heavy atom. The fourth-order valence-electron chi connectivity index (χ4n) is 7.96. The van der Waals surface area contributed by atoms with Crippen molar-refractivity contribution in [2.24, 2.45) is 0 Å². The highest BCUT2D eigenvalue weighted by Crippen LogP contribution is 2.39. The molecule has 0 atom stereocenters. The fraction of sp³-hybridized carbons (Fsp3) is 0. The molecule has 10 rings (SSSR count). The summed E-state index contributed by atoms with van der Waals surface area (Å²) in [5.74, 6) is 0. The third-order valence-electron chi connectivity index (χ3n) is 10.6. The van der Waals surface area contributed by atoms with Gasteiger partial charge in [0.1, 0.15) is 0 Å². The Kier molecular flexibility index (Phi) is 7.85. The van der Waals surface area contributed by atoms with Gasteiger partial charge in [0, 0.05) is 33.5 Å². The molecule has 1 aromatic heterocycles. The maximum atomic E-state index is 2.36. The lowest BCUT2D eigenvalue weighted by atomic mass is 9.96. The summed E-state index contributed by atoms with van der Waals surface area (Å²) in [6.07, 6.45) is 0. The van der Waals surface area contributed by atoms with Crippen LogP contribution >= 0.6 is 0 Å². The van der Waals surface area contributed by atoms with Crippen LogP contribution in [0.25, 0.3) is 71.6 Å². The summed E-state index contributed by atoms with van der Waals surface area (Å²) < 4.78 is 2.36. The first-order valence-corrected chi connectivity index (χ1v) is 18.5. The van der Waals surface area contributed by atoms with Crippen molar-refractivity contribution in [3.8, 4) is 39.1 Å². The van der Waals surface area contributed by atoms with E-state index in [1.54, 1.807) is 0 Å². The molecule has 2 nitrogen and oxygen atoms in total. The van der Waals surface area contributed by atoms with Crippen molar-refractivity contribution >= 4 is 49.6 Å². The summed E-state index contributed by atoms with van der Waals surface area (Å²) in [5.41, 5.74) is 14.2. The number of nitrogens with zero attached hydrogens (tertiary/aromatic N) is 2. The Labute approximate surface area is 315 Å². The molecule has 10 aromatic rings. The van der Waals surface area contributed by atoms with Crippen molar-refractivity contribution in [1.29, 1.82) is 0 Å². The minimum atomic E-state index is 1.11. The number of hydrogen-bond donors (Lipinski definition) is 0. The van der Waals surface area contributed by atoms with E-state index >= 15 is 0 Å². The van der Waals surface area contributed by atoms with E-state index in [0.717, 1.165) is 17.1 Å². The second-order valence-corrected chi connectivity index (χ2v) is 13.8. The Morgan fingerprint density at radius 3 is 1.48 bits per heavy atom. The zero-order valence-electron chi connectivity index (χ0n) is 29.7. The van der Waals surface area contributed by atoms with Gasteiger partial charge in [0.15, 0.2) is 0 Å². The second kappa shape index (κ2) is 13.4. The molecule has 0 bridgehead atoms. The number of aromatic nitrogens is 1. The Bertz CT molecular complexity index is 2880. The van der Waals surface area contributed by atoms with Gasteiger partial charge >= 0.3 is 0 Å². The SMILES string of the molecule is c1ccc(N(c2ccc(-c3ccc(-c4cccc5ccccc45)cc3)cc2)c2ccc(-c3ccc4c(c3)c3ccccc3n4-c3ccccc3)cc2)cc1. The summed E-state index contributed by atoms with van der Waals surface area (Å²) in [6.45, 7) is 0. The summed E-state index contributed by atoms with van der Waals surface area (Å²) in [6, 6.07) is 78.7. The molecule has 1 heterocycles. The molecule has 0 fully saturated rings. The maximum Gasteiger partial charge on any atom is 0.0541 e. The molecule has 0 aliphatic carbocycles. The van der Waals surface area contributed by atoms with E-state index in [2.05, 4.69) is 228 Å². The highest BCUT2D eigenvalue weighted by Gasteiger charge is 2.15. The van der Waals surface area contributed by atoms with E-state index in [0.29, 0.717) is 0 Å². The summed E-state index contributed by atoms with van der Waals surface area (Å²) in [5, 5.41) is 5.05. The van der Waals surface area contributed by atoms with Crippen LogP contribution in [0, 0.1) is 0 Å². The predicted octanol–water partition coefficient (Wildman–Crippen LogP) is 14.4. The van der Waals surface area contributed by atoms with Crippen LogP contribution in [0.1, 0.15) is 0 Å². The first-order valence-electron chi connectivity index (χ1n) is 18.5. The van der Waals surface area contributed by atoms with Gasteiger partial charge in [0.25, 0.3) is 0 Å². The molecule has 0 saturated heterocycles. The molecule has 0 amide bonds. The Balaban J connectivity index is 0.964. The van der Waals surface area contributed by atoms with E-state index in [9.17, 15) is 0 Å². The average molecular weight is 689 g/mol. The number of benzene rings is 9. The quantitative estimate of drug-likeness (QED) is 0.162. The summed E-state index contributed by atoms with van der Waals surface area (Å²) >= 11 is 0. The van der Waals surface area contributed by atoms with Crippen LogP contribution in [0.15, 0.2) is 218 Å². The molecule has 0 spiro atoms. The molecule has 54 heavy (non-hydrogen) atoms. The van der Waals surface area contributed by atoms with Crippen molar-refractivity contribution in [1.82, 2.24) is 4.57 Å². The largest absolute Gasteiger partial charge is 0.311 e. The van der Waals surface area contributed by atoms with E-state index in [1.165, 1.54) is 71.6 Å². The standard InChI is InChI=1S/C52H36N2/c1-3-14-43(15-4-1)53(45-31-26-38(27-32-45)37-22-24-41(25-23-37)48-20-11-13-40-12-7-8-18-47(40)48)46-33-28-39(29-34-46)42-30-35-52-50(36-42)49-19-9-10-21-51(49)54(52)44-16-5-2-6-17-44/h1-36H. The van der Waals surface area contributed by atoms with Crippen LogP contribution < -0.4 is 4.90 Å². The minimum Gasteiger partial charge on any atom is -0.311 e. The van der Waals surface area contributed by atoms with Gasteiger partial charge in [-0.3, -0.25) is 0 Å². The number of fused-ring (bicyclic) bond motifs is 4. The van der Waals surface area contributed by atoms with Crippen molar-refractivity contribution in [2.75, 3.05) is 4.90 Å². The highest BCUT2D eigenvalue weighted by atomic mass is 15.1. The third-order valence-corrected chi connectivity index (χ3v) is 10.6. The minimum absolute atomic E-state index is 1.11. The van der Waals surface area contributed by atoms with Crippen molar-refractivity contribution < 1.29 is 0 Å². The maximum absolute atomic E-state index is 2.36. The van der Waals surface area contributed by atoms with Gasteiger partial charge in [-0.1, -0.05) is 152 Å². The molecule has 0 aliphatic heterocycles. The first-order chi connectivity index (χ1) is 26.8. The molecular formula is C52H36N2. The van der Waals surface area contributed by atoms with Crippen LogP contribution in [-0.2, 0) is 0 Å². The normalized spacial score (nSPS) is 11.3.